The maximum absolute atomic E-state index is 9.16. The highest BCUT2D eigenvalue weighted by molar-refractivity contribution is 4.92. The molecule has 0 aromatic heterocycles. The van der Waals surface area contributed by atoms with Crippen LogP contribution in [0.3, 0.4) is 0 Å². The molecule has 0 bridgehead atoms. The van der Waals surface area contributed by atoms with E-state index in [-0.39, 0.29) is 12.2 Å². The van der Waals surface area contributed by atoms with E-state index in [0.717, 1.165) is 12.8 Å². The number of unbranched alkanes of at least 4 members (excludes halogenated alkanes) is 11. The van der Waals surface area contributed by atoms with Gasteiger partial charge in [0.15, 0.2) is 0 Å². The lowest BCUT2D eigenvalue weighted by molar-refractivity contribution is -0.329. The number of aliphatic hydroxyl groups is 2. The highest BCUT2D eigenvalue weighted by Crippen LogP contribution is 2.34. The first-order valence-electron chi connectivity index (χ1n) is 9.70. The van der Waals surface area contributed by atoms with E-state index < -0.39 is 5.97 Å². The Kier molecular flexibility index (Phi) is 10.4. The van der Waals surface area contributed by atoms with Crippen LogP contribution in [0.1, 0.15) is 97.3 Å². The minimum atomic E-state index is -2.05. The van der Waals surface area contributed by atoms with Gasteiger partial charge in [-0.05, 0) is 6.42 Å². The summed E-state index contributed by atoms with van der Waals surface area (Å²) in [6.07, 6.45) is 17.1. The van der Waals surface area contributed by atoms with Crippen molar-refractivity contribution in [1.29, 1.82) is 0 Å². The third-order valence-corrected chi connectivity index (χ3v) is 4.65. The molecule has 0 aromatic rings. The van der Waals surface area contributed by atoms with Crippen molar-refractivity contribution >= 4 is 0 Å². The summed E-state index contributed by atoms with van der Waals surface area (Å²) in [6, 6.07) is 0. The smallest absolute Gasteiger partial charge is 0.274 e. The van der Waals surface area contributed by atoms with Crippen LogP contribution in [0.2, 0.25) is 0 Å². The van der Waals surface area contributed by atoms with Crippen molar-refractivity contribution in [3.63, 3.8) is 0 Å². The Morgan fingerprint density at radius 3 is 1.70 bits per heavy atom. The molecule has 1 rings (SSSR count). The fraction of sp³-hybridized carbons (Fsp3) is 1.00. The van der Waals surface area contributed by atoms with Gasteiger partial charge in [-0.15, -0.1) is 0 Å². The normalized spacial score (nSPS) is 20.9. The minimum absolute atomic E-state index is 0.245. The van der Waals surface area contributed by atoms with E-state index in [4.69, 9.17) is 19.7 Å². The maximum Gasteiger partial charge on any atom is 0.274 e. The van der Waals surface area contributed by atoms with Gasteiger partial charge in [-0.1, -0.05) is 84.0 Å². The first-order chi connectivity index (χ1) is 11.0. The summed E-state index contributed by atoms with van der Waals surface area (Å²) in [5.74, 6) is -2.05. The molecule has 23 heavy (non-hydrogen) atoms. The summed E-state index contributed by atoms with van der Waals surface area (Å²) in [5.41, 5.74) is -0.245. The fourth-order valence-electron chi connectivity index (χ4n) is 2.96. The Hall–Kier alpha value is -0.160. The average Bonchev–Trinajstić information content (AvgIpc) is 3.26. The Bertz CT molecular complexity index is 282. The number of hydrogen-bond donors (Lipinski definition) is 2. The molecule has 0 aromatic carbocycles. The van der Waals surface area contributed by atoms with Crippen molar-refractivity contribution in [3.05, 3.63) is 0 Å². The van der Waals surface area contributed by atoms with Gasteiger partial charge >= 0.3 is 0 Å². The third kappa shape index (κ3) is 11.9. The van der Waals surface area contributed by atoms with Gasteiger partial charge < -0.3 is 19.7 Å². The van der Waals surface area contributed by atoms with E-state index >= 15 is 0 Å². The summed E-state index contributed by atoms with van der Waals surface area (Å²) < 4.78 is 10.4. The van der Waals surface area contributed by atoms with Crippen LogP contribution in [0, 0.1) is 0 Å². The molecule has 0 amide bonds. The molecule has 0 aliphatic carbocycles. The van der Waals surface area contributed by atoms with Gasteiger partial charge in [0.25, 0.3) is 5.97 Å². The summed E-state index contributed by atoms with van der Waals surface area (Å²) in [6.45, 7) is 4.45. The maximum atomic E-state index is 9.16. The molecule has 1 fully saturated rings. The second-order valence-corrected chi connectivity index (χ2v) is 7.33. The molecule has 1 aliphatic heterocycles. The van der Waals surface area contributed by atoms with Crippen LogP contribution >= 0.6 is 0 Å². The van der Waals surface area contributed by atoms with Crippen LogP contribution in [-0.4, -0.2) is 35.0 Å². The SMILES string of the molecule is CCCCCCCCCCCCCCC1(COC(C)(O)O)CO1. The van der Waals surface area contributed by atoms with Crippen LogP contribution in [0.5, 0.6) is 0 Å². The molecule has 0 radical (unpaired) electrons. The zero-order valence-corrected chi connectivity index (χ0v) is 15.3. The lowest BCUT2D eigenvalue weighted by atomic mass is 10.0. The van der Waals surface area contributed by atoms with Gasteiger partial charge in [0, 0.05) is 6.92 Å². The third-order valence-electron chi connectivity index (χ3n) is 4.65. The molecule has 2 N–H and O–H groups in total. The predicted molar refractivity (Wildman–Crippen MR) is 93.2 cm³/mol. The van der Waals surface area contributed by atoms with E-state index in [0.29, 0.717) is 6.61 Å². The quantitative estimate of drug-likeness (QED) is 0.248. The van der Waals surface area contributed by atoms with Crippen molar-refractivity contribution in [2.75, 3.05) is 13.2 Å². The molecule has 4 heteroatoms. The van der Waals surface area contributed by atoms with Crippen molar-refractivity contribution < 1.29 is 19.7 Å². The molecule has 0 saturated carbocycles. The summed E-state index contributed by atoms with van der Waals surface area (Å²) in [5, 5.41) is 18.3. The zero-order valence-electron chi connectivity index (χ0n) is 15.3. The molecule has 138 valence electrons. The first-order valence-corrected chi connectivity index (χ1v) is 9.70. The van der Waals surface area contributed by atoms with Crippen LogP contribution in [0.25, 0.3) is 0 Å². The van der Waals surface area contributed by atoms with Crippen LogP contribution in [0.15, 0.2) is 0 Å². The molecular formula is C19H38O4. The summed E-state index contributed by atoms with van der Waals surface area (Å²) >= 11 is 0. The van der Waals surface area contributed by atoms with Crippen molar-refractivity contribution in [2.45, 2.75) is 109 Å². The molecule has 0 spiro atoms. The molecule has 1 saturated heterocycles. The number of rotatable bonds is 16. The Morgan fingerprint density at radius 1 is 0.870 bits per heavy atom. The van der Waals surface area contributed by atoms with E-state index in [2.05, 4.69) is 6.92 Å². The molecule has 1 atom stereocenters. The lowest BCUT2D eigenvalue weighted by Crippen LogP contribution is -2.33. The van der Waals surface area contributed by atoms with Crippen molar-refractivity contribution in [2.24, 2.45) is 0 Å². The van der Waals surface area contributed by atoms with E-state index in [9.17, 15) is 0 Å². The highest BCUT2D eigenvalue weighted by atomic mass is 16.8. The van der Waals surface area contributed by atoms with Gasteiger partial charge in [-0.2, -0.15) is 0 Å². The molecular weight excluding hydrogens is 292 g/mol. The minimum Gasteiger partial charge on any atom is -0.367 e. The monoisotopic (exact) mass is 330 g/mol. The van der Waals surface area contributed by atoms with E-state index in [1.165, 1.54) is 77.6 Å². The second kappa shape index (κ2) is 11.4. The Balaban J connectivity index is 1.83. The van der Waals surface area contributed by atoms with Gasteiger partial charge in [0.05, 0.1) is 13.2 Å². The summed E-state index contributed by atoms with van der Waals surface area (Å²) in [4.78, 5) is 0. The molecule has 1 heterocycles. The van der Waals surface area contributed by atoms with Gasteiger partial charge in [0.2, 0.25) is 0 Å². The van der Waals surface area contributed by atoms with Crippen LogP contribution in [-0.2, 0) is 9.47 Å². The number of epoxide rings is 1. The summed E-state index contributed by atoms with van der Waals surface area (Å²) in [7, 11) is 0. The number of ether oxygens (including phenoxy) is 2. The standard InChI is InChI=1S/C19H38O4/c1-3-4-5-6-7-8-9-10-11-12-13-14-15-19(17-23-19)16-22-18(2,20)21/h20-21H,3-17H2,1-2H3. The first kappa shape index (κ1) is 20.9. The second-order valence-electron chi connectivity index (χ2n) is 7.33. The van der Waals surface area contributed by atoms with E-state index in [1.54, 1.807) is 0 Å². The van der Waals surface area contributed by atoms with E-state index in [1.807, 2.05) is 0 Å². The van der Waals surface area contributed by atoms with Crippen LogP contribution < -0.4 is 0 Å². The average molecular weight is 331 g/mol. The fourth-order valence-corrected chi connectivity index (χ4v) is 2.96. The zero-order chi connectivity index (χ0) is 17.0. The van der Waals surface area contributed by atoms with Crippen molar-refractivity contribution in [1.82, 2.24) is 0 Å². The predicted octanol–water partition coefficient (Wildman–Crippen LogP) is 4.52. The van der Waals surface area contributed by atoms with Gasteiger partial charge in [-0.25, -0.2) is 0 Å². The Morgan fingerprint density at radius 2 is 1.30 bits per heavy atom. The largest absolute Gasteiger partial charge is 0.367 e. The molecule has 4 nitrogen and oxygen atoms in total. The lowest BCUT2D eigenvalue weighted by Gasteiger charge is -2.19. The van der Waals surface area contributed by atoms with Gasteiger partial charge in [-0.3, -0.25) is 0 Å². The Labute approximate surface area is 142 Å². The highest BCUT2D eigenvalue weighted by Gasteiger charge is 2.45. The van der Waals surface area contributed by atoms with Crippen molar-refractivity contribution in [3.8, 4) is 0 Å². The number of hydrogen-bond acceptors (Lipinski definition) is 4. The molecule has 1 unspecified atom stereocenters. The van der Waals surface area contributed by atoms with Gasteiger partial charge in [0.1, 0.15) is 5.60 Å². The van der Waals surface area contributed by atoms with Crippen LogP contribution in [0.4, 0.5) is 0 Å². The molecule has 1 aliphatic rings. The topological polar surface area (TPSA) is 62.2 Å².